The van der Waals surface area contributed by atoms with E-state index in [1.807, 2.05) is 103 Å². The standard InChI is InChI=1S/C20H23N5O.C20H30N2O3.C20H28N2O3.C5H3Cl2N/c1-14(2)16-3-4-17(22-12-16)10-19(26)9-15-7-8-25(13-15)20-6-5-18(11-21)23-24-20;2*1-14(2)16-6-7-17(21-12-16)11-18(23)10-15-8-9-22(13-15)19(24)25-20(3,4)5;6-4-1-2-5(7)8-3-4/h3-6,12,14-15H,7-10,13H2,1-2H3;6-7,12,14-15H,8-11,13H2,1-5H3;6-7,12,15H,1,8-11,13H2,2-5H3;1-3H/t3*15-;/m111./s1. The van der Waals surface area contributed by atoms with Gasteiger partial charge in [0.25, 0.3) is 0 Å². The van der Waals surface area contributed by atoms with E-state index in [4.69, 9.17) is 37.9 Å². The lowest BCUT2D eigenvalue weighted by Gasteiger charge is -2.24. The number of likely N-dealkylation sites (tertiary alicyclic amines) is 2. The van der Waals surface area contributed by atoms with Crippen molar-refractivity contribution in [3.63, 3.8) is 0 Å². The van der Waals surface area contributed by atoms with Crippen LogP contribution in [-0.2, 0) is 43.1 Å². The number of rotatable bonds is 16. The van der Waals surface area contributed by atoms with Gasteiger partial charge >= 0.3 is 12.2 Å². The van der Waals surface area contributed by atoms with Gasteiger partial charge in [-0.3, -0.25) is 29.3 Å². The lowest BCUT2D eigenvalue weighted by molar-refractivity contribution is -0.120. The fourth-order valence-electron chi connectivity index (χ4n) is 9.44. The third kappa shape index (κ3) is 24.2. The van der Waals surface area contributed by atoms with Gasteiger partial charge in [0.05, 0.1) is 5.02 Å². The maximum atomic E-state index is 12.4. The number of allylic oxidation sites excluding steroid dienone is 1. The van der Waals surface area contributed by atoms with Crippen molar-refractivity contribution in [2.75, 3.05) is 44.2 Å². The predicted molar refractivity (Wildman–Crippen MR) is 329 cm³/mol. The quantitative estimate of drug-likeness (QED) is 0.0840. The number of aromatic nitrogens is 6. The Morgan fingerprint density at radius 3 is 1.39 bits per heavy atom. The normalized spacial score (nSPS) is 16.5. The molecule has 3 atom stereocenters. The molecule has 0 bridgehead atoms. The number of hydrogen-bond acceptors (Lipinski definition) is 15. The van der Waals surface area contributed by atoms with Crippen molar-refractivity contribution in [2.24, 2.45) is 17.8 Å². The van der Waals surface area contributed by atoms with Gasteiger partial charge in [0.1, 0.15) is 39.8 Å². The molecule has 0 saturated carbocycles. The van der Waals surface area contributed by atoms with E-state index < -0.39 is 11.2 Å². The van der Waals surface area contributed by atoms with Crippen LogP contribution in [0, 0.1) is 29.1 Å². The number of carbonyl (C=O) groups excluding carboxylic acids is 5. The first kappa shape index (κ1) is 67.6. The first-order valence-electron chi connectivity index (χ1n) is 28.9. The molecular weight excluding hydrogens is 1100 g/mol. The largest absolute Gasteiger partial charge is 0.444 e. The van der Waals surface area contributed by atoms with Crippen molar-refractivity contribution in [3.05, 3.63) is 142 Å². The molecule has 17 nitrogen and oxygen atoms in total. The van der Waals surface area contributed by atoms with E-state index in [1.54, 1.807) is 34.2 Å². The lowest BCUT2D eigenvalue weighted by Crippen LogP contribution is -2.35. The molecule has 0 aromatic carbocycles. The van der Waals surface area contributed by atoms with Gasteiger partial charge < -0.3 is 24.2 Å². The zero-order valence-corrected chi connectivity index (χ0v) is 52.4. The number of hydrogen-bond donors (Lipinski definition) is 0. The maximum absolute atomic E-state index is 12.4. The van der Waals surface area contributed by atoms with E-state index in [0.717, 1.165) is 66.4 Å². The molecule has 8 rings (SSSR count). The summed E-state index contributed by atoms with van der Waals surface area (Å²) in [6.07, 6.45) is 11.7. The van der Waals surface area contributed by atoms with Crippen LogP contribution >= 0.6 is 23.2 Å². The average molecular weight is 1190 g/mol. The Kier molecular flexibility index (Phi) is 25.9. The summed E-state index contributed by atoms with van der Waals surface area (Å²) in [5, 5.41) is 17.8. The van der Waals surface area contributed by atoms with Gasteiger partial charge in [-0.1, -0.05) is 75.7 Å². The third-order valence-corrected chi connectivity index (χ3v) is 14.4. The van der Waals surface area contributed by atoms with Crippen LogP contribution in [0.3, 0.4) is 0 Å². The second kappa shape index (κ2) is 32.2. The second-order valence-corrected chi connectivity index (χ2v) is 25.3. The third-order valence-electron chi connectivity index (χ3n) is 14.0. The first-order valence-corrected chi connectivity index (χ1v) is 29.6. The van der Waals surface area contributed by atoms with Gasteiger partial charge in [-0.25, -0.2) is 14.6 Å². The number of carbonyl (C=O) groups is 5. The molecule has 2 amide bonds. The zero-order valence-electron chi connectivity index (χ0n) is 50.9. The Labute approximate surface area is 507 Å². The summed E-state index contributed by atoms with van der Waals surface area (Å²) in [7, 11) is 0. The molecule has 3 fully saturated rings. The first-order chi connectivity index (χ1) is 39.6. The average Bonchev–Trinajstić information content (AvgIpc) is 4.44. The van der Waals surface area contributed by atoms with Gasteiger partial charge in [0.2, 0.25) is 0 Å². The number of ether oxygens (including phenoxy) is 2. The highest BCUT2D eigenvalue weighted by atomic mass is 35.5. The molecule has 0 unspecified atom stereocenters. The summed E-state index contributed by atoms with van der Waals surface area (Å²) in [5.41, 5.74) is 6.08. The van der Waals surface area contributed by atoms with Crippen LogP contribution in [0.2, 0.25) is 10.2 Å². The smallest absolute Gasteiger partial charge is 0.410 e. The zero-order chi connectivity index (χ0) is 61.7. The summed E-state index contributed by atoms with van der Waals surface area (Å²) >= 11 is 10.9. The van der Waals surface area contributed by atoms with Crippen LogP contribution in [0.1, 0.15) is 166 Å². The number of nitrogens with zero attached hydrogens (tertiary/aromatic N) is 10. The van der Waals surface area contributed by atoms with Crippen LogP contribution in [0.25, 0.3) is 5.57 Å². The fraction of sp³-hybridized carbons (Fsp3) is 0.508. The van der Waals surface area contributed by atoms with Crippen molar-refractivity contribution in [3.8, 4) is 6.07 Å². The lowest BCUT2D eigenvalue weighted by atomic mass is 9.99. The van der Waals surface area contributed by atoms with E-state index >= 15 is 0 Å². The molecule has 0 aliphatic carbocycles. The molecule has 3 aliphatic heterocycles. The molecule has 5 aromatic rings. The number of anilines is 1. The Morgan fingerprint density at radius 2 is 1.05 bits per heavy atom. The summed E-state index contributed by atoms with van der Waals surface area (Å²) < 4.78 is 10.8. The molecule has 5 aromatic heterocycles. The monoisotopic (exact) mass is 1190 g/mol. The van der Waals surface area contributed by atoms with E-state index in [-0.39, 0.29) is 41.4 Å². The van der Waals surface area contributed by atoms with Gasteiger partial charge in [0, 0.05) is 120 Å². The van der Waals surface area contributed by atoms with Crippen LogP contribution in [-0.4, -0.2) is 120 Å². The van der Waals surface area contributed by atoms with E-state index in [9.17, 15) is 24.0 Å². The Balaban J connectivity index is 0.000000216. The number of amides is 2. The van der Waals surface area contributed by atoms with Crippen molar-refractivity contribution < 1.29 is 33.4 Å². The molecule has 19 heteroatoms. The summed E-state index contributed by atoms with van der Waals surface area (Å²) in [4.78, 5) is 83.5. The summed E-state index contributed by atoms with van der Waals surface area (Å²) in [6.45, 7) is 29.6. The van der Waals surface area contributed by atoms with E-state index in [0.29, 0.717) is 98.3 Å². The summed E-state index contributed by atoms with van der Waals surface area (Å²) in [6, 6.07) is 20.6. The van der Waals surface area contributed by atoms with Gasteiger partial charge in [-0.2, -0.15) is 5.26 Å². The molecule has 3 saturated heterocycles. The van der Waals surface area contributed by atoms with Crippen LogP contribution < -0.4 is 4.90 Å². The van der Waals surface area contributed by atoms with Crippen molar-refractivity contribution in [1.82, 2.24) is 39.9 Å². The highest BCUT2D eigenvalue weighted by Crippen LogP contribution is 2.27. The molecule has 0 N–H and O–H groups in total. The summed E-state index contributed by atoms with van der Waals surface area (Å²) in [5.74, 6) is 2.97. The molecule has 3 aliphatic rings. The topological polar surface area (TPSA) is 215 Å². The molecule has 8 heterocycles. The number of halogens is 2. The van der Waals surface area contributed by atoms with Gasteiger partial charge in [0.15, 0.2) is 11.5 Å². The molecular formula is C65H84Cl2N10O7. The number of nitriles is 1. The van der Waals surface area contributed by atoms with Crippen molar-refractivity contribution in [1.29, 1.82) is 5.26 Å². The fourth-order valence-corrected chi connectivity index (χ4v) is 9.66. The Bertz CT molecular complexity index is 2970. The van der Waals surface area contributed by atoms with E-state index in [2.05, 4.69) is 75.4 Å². The predicted octanol–water partition coefficient (Wildman–Crippen LogP) is 13.1. The minimum atomic E-state index is -0.493. The molecule has 450 valence electrons. The molecule has 0 spiro atoms. The Morgan fingerprint density at radius 1 is 0.595 bits per heavy atom. The van der Waals surface area contributed by atoms with E-state index in [1.165, 1.54) is 17.3 Å². The van der Waals surface area contributed by atoms with Gasteiger partial charge in [-0.15, -0.1) is 10.2 Å². The number of Topliss-reactive ketones (excluding diaryl/α,β-unsaturated/α-hetero) is 3. The minimum absolute atomic E-state index is 0.159. The number of pyridine rings is 4. The van der Waals surface area contributed by atoms with Gasteiger partial charge in [-0.05, 0) is 162 Å². The van der Waals surface area contributed by atoms with Crippen molar-refractivity contribution >= 4 is 64.1 Å². The van der Waals surface area contributed by atoms with Crippen molar-refractivity contribution in [2.45, 2.75) is 157 Å². The molecule has 84 heavy (non-hydrogen) atoms. The molecule has 0 radical (unpaired) electrons. The van der Waals surface area contributed by atoms with Crippen LogP contribution in [0.5, 0.6) is 0 Å². The van der Waals surface area contributed by atoms with Crippen LogP contribution in [0.15, 0.2) is 92.0 Å². The van der Waals surface area contributed by atoms with Crippen LogP contribution in [0.4, 0.5) is 15.4 Å². The highest BCUT2D eigenvalue weighted by Gasteiger charge is 2.33. The minimum Gasteiger partial charge on any atom is -0.444 e. The second-order valence-electron chi connectivity index (χ2n) is 24.5. The SMILES string of the molecule is C=C(C)c1ccc(CC(=O)C[C@H]2CCN(C(=O)OC(C)(C)C)C2)nc1.CC(C)c1ccc(CC(=O)C[C@H]2CCN(C(=O)OC(C)(C)C)C2)nc1.CC(C)c1ccc(CC(=O)C[C@H]2CCN(c3ccc(C#N)nn3)C2)nc1.Clc1ccc(Cl)nc1. The Hall–Kier alpha value is -7.16. The number of ketones is 3. The maximum Gasteiger partial charge on any atom is 0.410 e. The highest BCUT2D eigenvalue weighted by molar-refractivity contribution is 6.32.